The third-order valence-electron chi connectivity index (χ3n) is 2.73. The molecule has 0 radical (unpaired) electrons. The van der Waals surface area contributed by atoms with Crippen LogP contribution in [-0.2, 0) is 0 Å². The Bertz CT molecular complexity index is 688. The van der Waals surface area contributed by atoms with Gasteiger partial charge in [0.15, 0.2) is 0 Å². The number of phenolic OH excluding ortho intramolecular Hbond substituents is 1. The van der Waals surface area contributed by atoms with Crippen LogP contribution in [0.2, 0.25) is 0 Å². The molecule has 3 rings (SSSR count). The van der Waals surface area contributed by atoms with Gasteiger partial charge in [0.1, 0.15) is 5.75 Å². The number of hydrogen-bond donors (Lipinski definition) is 1. The van der Waals surface area contributed by atoms with Gasteiger partial charge in [-0.2, -0.15) is 0 Å². The average Bonchev–Trinajstić information content (AvgIpc) is 2.75. The molecule has 0 aliphatic rings. The molecule has 0 aliphatic heterocycles. The molecule has 0 bridgehead atoms. The minimum absolute atomic E-state index is 0.305. The van der Waals surface area contributed by atoms with Crippen LogP contribution in [-0.4, -0.2) is 10.1 Å². The number of fused-ring (bicyclic) bond motifs is 1. The maximum atomic E-state index is 9.41. The van der Waals surface area contributed by atoms with Gasteiger partial charge < -0.3 is 5.11 Å². The smallest absolute Gasteiger partial charge is 0.116 e. The van der Waals surface area contributed by atoms with Crippen LogP contribution in [0.1, 0.15) is 5.01 Å². The molecule has 3 aromatic rings. The highest BCUT2D eigenvalue weighted by molar-refractivity contribution is 7.15. The Morgan fingerprint density at radius 3 is 2.59 bits per heavy atom. The second-order valence-electron chi connectivity index (χ2n) is 3.99. The van der Waals surface area contributed by atoms with E-state index in [1.54, 1.807) is 23.5 Å². The van der Waals surface area contributed by atoms with Gasteiger partial charge in [-0.25, -0.2) is 4.98 Å². The summed E-state index contributed by atoms with van der Waals surface area (Å²) in [6, 6.07) is 11.6. The van der Waals surface area contributed by atoms with Crippen LogP contribution in [0, 0.1) is 6.92 Å². The number of aromatic hydroxyl groups is 1. The van der Waals surface area contributed by atoms with Crippen LogP contribution >= 0.6 is 11.3 Å². The number of aromatic nitrogens is 1. The first kappa shape index (κ1) is 10.3. The lowest BCUT2D eigenvalue weighted by Crippen LogP contribution is -1.75. The molecular formula is C14H11NOS. The molecule has 0 amide bonds. The van der Waals surface area contributed by atoms with Crippen molar-refractivity contribution in [3.8, 4) is 16.2 Å². The number of hydrogen-bond acceptors (Lipinski definition) is 3. The van der Waals surface area contributed by atoms with E-state index in [1.165, 1.54) is 10.4 Å². The standard InChI is InChI=1S/C14H11NOS/c1-9-15-8-14(17-9)12-3-2-11-7-13(16)5-4-10(11)6-12/h2-8,16H,1H3. The van der Waals surface area contributed by atoms with Gasteiger partial charge in [0.2, 0.25) is 0 Å². The largest absolute Gasteiger partial charge is 0.508 e. The molecule has 0 atom stereocenters. The van der Waals surface area contributed by atoms with Gasteiger partial charge in [0, 0.05) is 6.20 Å². The summed E-state index contributed by atoms with van der Waals surface area (Å²) in [4.78, 5) is 5.44. The van der Waals surface area contributed by atoms with E-state index in [-0.39, 0.29) is 0 Å². The number of nitrogens with zero attached hydrogens (tertiary/aromatic N) is 1. The zero-order valence-corrected chi connectivity index (χ0v) is 10.2. The lowest BCUT2D eigenvalue weighted by molar-refractivity contribution is 0.476. The van der Waals surface area contributed by atoms with Gasteiger partial charge in [0.05, 0.1) is 9.88 Å². The molecular weight excluding hydrogens is 230 g/mol. The van der Waals surface area contributed by atoms with Gasteiger partial charge in [-0.3, -0.25) is 0 Å². The van der Waals surface area contributed by atoms with Crippen LogP contribution < -0.4 is 0 Å². The van der Waals surface area contributed by atoms with Gasteiger partial charge in [-0.1, -0.05) is 18.2 Å². The zero-order chi connectivity index (χ0) is 11.8. The molecule has 0 unspecified atom stereocenters. The third-order valence-corrected chi connectivity index (χ3v) is 3.69. The minimum Gasteiger partial charge on any atom is -0.508 e. The Hall–Kier alpha value is -1.87. The topological polar surface area (TPSA) is 33.1 Å². The van der Waals surface area contributed by atoms with Crippen molar-refractivity contribution in [3.05, 3.63) is 47.6 Å². The molecule has 3 heteroatoms. The van der Waals surface area contributed by atoms with E-state index in [1.807, 2.05) is 25.3 Å². The SMILES string of the molecule is Cc1ncc(-c2ccc3cc(O)ccc3c2)s1. The second kappa shape index (κ2) is 3.86. The Morgan fingerprint density at radius 2 is 1.82 bits per heavy atom. The average molecular weight is 241 g/mol. The van der Waals surface area contributed by atoms with Gasteiger partial charge in [-0.05, 0) is 41.5 Å². The molecule has 1 aromatic heterocycles. The second-order valence-corrected chi connectivity index (χ2v) is 5.22. The molecule has 1 heterocycles. The monoisotopic (exact) mass is 241 g/mol. The molecule has 0 fully saturated rings. The highest BCUT2D eigenvalue weighted by atomic mass is 32.1. The summed E-state index contributed by atoms with van der Waals surface area (Å²) in [6.07, 6.45) is 1.90. The predicted octanol–water partition coefficient (Wildman–Crippen LogP) is 3.98. The summed E-state index contributed by atoms with van der Waals surface area (Å²) in [7, 11) is 0. The lowest BCUT2D eigenvalue weighted by Gasteiger charge is -2.01. The van der Waals surface area contributed by atoms with E-state index in [0.717, 1.165) is 15.8 Å². The van der Waals surface area contributed by atoms with E-state index >= 15 is 0 Å². The van der Waals surface area contributed by atoms with Gasteiger partial charge in [0.25, 0.3) is 0 Å². The van der Waals surface area contributed by atoms with Crippen molar-refractivity contribution in [3.63, 3.8) is 0 Å². The Balaban J connectivity index is 2.16. The molecule has 0 saturated heterocycles. The maximum Gasteiger partial charge on any atom is 0.116 e. The fraction of sp³-hybridized carbons (Fsp3) is 0.0714. The molecule has 0 saturated carbocycles. The molecule has 2 nitrogen and oxygen atoms in total. The van der Waals surface area contributed by atoms with E-state index in [2.05, 4.69) is 17.1 Å². The molecule has 17 heavy (non-hydrogen) atoms. The lowest BCUT2D eigenvalue weighted by atomic mass is 10.1. The Kier molecular flexibility index (Phi) is 2.34. The van der Waals surface area contributed by atoms with Crippen LogP contribution in [0.15, 0.2) is 42.6 Å². The number of thiazole rings is 1. The minimum atomic E-state index is 0.305. The van der Waals surface area contributed by atoms with Crippen LogP contribution in [0.5, 0.6) is 5.75 Å². The highest BCUT2D eigenvalue weighted by Crippen LogP contribution is 2.29. The summed E-state index contributed by atoms with van der Waals surface area (Å²) in [5, 5.41) is 12.7. The summed E-state index contributed by atoms with van der Waals surface area (Å²) >= 11 is 1.69. The van der Waals surface area contributed by atoms with Crippen molar-refractivity contribution < 1.29 is 5.11 Å². The molecule has 84 valence electrons. The van der Waals surface area contributed by atoms with Crippen molar-refractivity contribution >= 4 is 22.1 Å². The van der Waals surface area contributed by atoms with Crippen molar-refractivity contribution in [2.75, 3.05) is 0 Å². The van der Waals surface area contributed by atoms with Crippen molar-refractivity contribution in [2.45, 2.75) is 6.92 Å². The van der Waals surface area contributed by atoms with E-state index in [9.17, 15) is 5.11 Å². The fourth-order valence-electron chi connectivity index (χ4n) is 1.88. The summed E-state index contributed by atoms with van der Waals surface area (Å²) in [5.74, 6) is 0.305. The zero-order valence-electron chi connectivity index (χ0n) is 9.34. The Morgan fingerprint density at radius 1 is 1.06 bits per heavy atom. The van der Waals surface area contributed by atoms with Gasteiger partial charge in [-0.15, -0.1) is 11.3 Å². The number of rotatable bonds is 1. The first-order valence-electron chi connectivity index (χ1n) is 5.38. The third kappa shape index (κ3) is 1.89. The van der Waals surface area contributed by atoms with Crippen LogP contribution in [0.3, 0.4) is 0 Å². The number of aryl methyl sites for hydroxylation is 1. The first-order chi connectivity index (χ1) is 8.22. The number of phenols is 1. The molecule has 2 aromatic carbocycles. The number of benzene rings is 2. The highest BCUT2D eigenvalue weighted by Gasteiger charge is 2.03. The summed E-state index contributed by atoms with van der Waals surface area (Å²) < 4.78 is 0. The van der Waals surface area contributed by atoms with Crippen molar-refractivity contribution in [2.24, 2.45) is 0 Å². The van der Waals surface area contributed by atoms with Crippen LogP contribution in [0.25, 0.3) is 21.2 Å². The predicted molar refractivity (Wildman–Crippen MR) is 71.5 cm³/mol. The van der Waals surface area contributed by atoms with E-state index in [4.69, 9.17) is 0 Å². The normalized spacial score (nSPS) is 10.9. The maximum absolute atomic E-state index is 9.41. The van der Waals surface area contributed by atoms with E-state index in [0.29, 0.717) is 5.75 Å². The fourth-order valence-corrected chi connectivity index (χ4v) is 2.66. The first-order valence-corrected chi connectivity index (χ1v) is 6.19. The van der Waals surface area contributed by atoms with Crippen LogP contribution in [0.4, 0.5) is 0 Å². The quantitative estimate of drug-likeness (QED) is 0.699. The van der Waals surface area contributed by atoms with Crippen molar-refractivity contribution in [1.29, 1.82) is 0 Å². The molecule has 1 N–H and O–H groups in total. The summed E-state index contributed by atoms with van der Waals surface area (Å²) in [6.45, 7) is 2.01. The Labute approximate surface area is 103 Å². The molecule has 0 spiro atoms. The summed E-state index contributed by atoms with van der Waals surface area (Å²) in [5.41, 5.74) is 1.17. The molecule has 0 aliphatic carbocycles. The van der Waals surface area contributed by atoms with Gasteiger partial charge >= 0.3 is 0 Å². The van der Waals surface area contributed by atoms with E-state index < -0.39 is 0 Å². The van der Waals surface area contributed by atoms with Crippen molar-refractivity contribution in [1.82, 2.24) is 4.98 Å².